The van der Waals surface area contributed by atoms with E-state index < -0.39 is 10.0 Å². The minimum Gasteiger partial charge on any atom is -0.354 e. The van der Waals surface area contributed by atoms with E-state index in [1.807, 2.05) is 25.1 Å². The fourth-order valence-electron chi connectivity index (χ4n) is 3.06. The van der Waals surface area contributed by atoms with Crippen LogP contribution in [0.15, 0.2) is 53.4 Å². The Balaban J connectivity index is 1.66. The van der Waals surface area contributed by atoms with Crippen molar-refractivity contribution in [3.63, 3.8) is 0 Å². The zero-order valence-electron chi connectivity index (χ0n) is 15.6. The van der Waals surface area contributed by atoms with Crippen LogP contribution in [0.25, 0.3) is 0 Å². The van der Waals surface area contributed by atoms with Crippen molar-refractivity contribution in [1.29, 1.82) is 0 Å². The number of nitrogens with one attached hydrogen (secondary N) is 2. The van der Waals surface area contributed by atoms with Gasteiger partial charge in [0.15, 0.2) is 0 Å². The molecule has 1 aliphatic heterocycles. The Kier molecular flexibility index (Phi) is 6.11. The maximum absolute atomic E-state index is 12.8. The SMILES string of the molecule is Cc1cccc(CCNC(=O)c2cccc(S(=O)(=O)N3CCNC(=O)C3)c2)c1. The Morgan fingerprint density at radius 3 is 2.71 bits per heavy atom. The maximum Gasteiger partial charge on any atom is 0.251 e. The summed E-state index contributed by atoms with van der Waals surface area (Å²) in [5, 5.41) is 5.42. The summed E-state index contributed by atoms with van der Waals surface area (Å²) in [7, 11) is -3.83. The summed E-state index contributed by atoms with van der Waals surface area (Å²) in [5.41, 5.74) is 2.56. The number of carbonyl (C=O) groups is 2. The van der Waals surface area contributed by atoms with E-state index in [0.717, 1.165) is 15.4 Å². The largest absolute Gasteiger partial charge is 0.354 e. The van der Waals surface area contributed by atoms with Crippen molar-refractivity contribution in [2.45, 2.75) is 18.2 Å². The maximum atomic E-state index is 12.8. The van der Waals surface area contributed by atoms with Crippen molar-refractivity contribution >= 4 is 21.8 Å². The molecule has 0 spiro atoms. The molecular formula is C20H23N3O4S. The van der Waals surface area contributed by atoms with Gasteiger partial charge in [-0.25, -0.2) is 8.42 Å². The molecule has 148 valence electrons. The van der Waals surface area contributed by atoms with Gasteiger partial charge in [-0.2, -0.15) is 4.31 Å². The zero-order chi connectivity index (χ0) is 20.1. The van der Waals surface area contributed by atoms with Gasteiger partial charge in [-0.3, -0.25) is 9.59 Å². The minimum atomic E-state index is -3.83. The molecule has 0 unspecified atom stereocenters. The number of rotatable bonds is 6. The summed E-state index contributed by atoms with van der Waals surface area (Å²) < 4.78 is 26.6. The second-order valence-corrected chi connectivity index (χ2v) is 8.65. The van der Waals surface area contributed by atoms with Crippen LogP contribution >= 0.6 is 0 Å². The number of benzene rings is 2. The van der Waals surface area contributed by atoms with Gasteiger partial charge in [0.05, 0.1) is 11.4 Å². The predicted octanol–water partition coefficient (Wildman–Crippen LogP) is 1.09. The Bertz CT molecular complexity index is 988. The Morgan fingerprint density at radius 2 is 1.96 bits per heavy atom. The van der Waals surface area contributed by atoms with Gasteiger partial charge in [0.1, 0.15) is 0 Å². The lowest BCUT2D eigenvalue weighted by Gasteiger charge is -2.26. The van der Waals surface area contributed by atoms with E-state index in [1.165, 1.54) is 18.2 Å². The Hall–Kier alpha value is -2.71. The summed E-state index contributed by atoms with van der Waals surface area (Å²) in [6.07, 6.45) is 0.689. The zero-order valence-corrected chi connectivity index (χ0v) is 16.5. The molecule has 2 aromatic carbocycles. The van der Waals surface area contributed by atoms with Crippen molar-refractivity contribution < 1.29 is 18.0 Å². The molecule has 1 fully saturated rings. The summed E-state index contributed by atoms with van der Waals surface area (Å²) in [4.78, 5) is 23.9. The molecule has 7 nitrogen and oxygen atoms in total. The van der Waals surface area contributed by atoms with Crippen LogP contribution in [-0.2, 0) is 21.2 Å². The highest BCUT2D eigenvalue weighted by molar-refractivity contribution is 7.89. The van der Waals surface area contributed by atoms with E-state index in [1.54, 1.807) is 6.07 Å². The van der Waals surface area contributed by atoms with Crippen LogP contribution < -0.4 is 10.6 Å². The smallest absolute Gasteiger partial charge is 0.251 e. The van der Waals surface area contributed by atoms with E-state index >= 15 is 0 Å². The van der Waals surface area contributed by atoms with Gasteiger partial charge < -0.3 is 10.6 Å². The highest BCUT2D eigenvalue weighted by atomic mass is 32.2. The number of nitrogens with zero attached hydrogens (tertiary/aromatic N) is 1. The number of piperazine rings is 1. The van der Waals surface area contributed by atoms with Crippen LogP contribution in [0.5, 0.6) is 0 Å². The molecule has 1 heterocycles. The van der Waals surface area contributed by atoms with Gasteiger partial charge in [0, 0.05) is 25.2 Å². The molecule has 0 saturated carbocycles. The Labute approximate surface area is 164 Å². The third-order valence-corrected chi connectivity index (χ3v) is 6.36. The molecular weight excluding hydrogens is 378 g/mol. The molecule has 2 aromatic rings. The highest BCUT2D eigenvalue weighted by Crippen LogP contribution is 2.18. The lowest BCUT2D eigenvalue weighted by molar-refractivity contribution is -0.122. The van der Waals surface area contributed by atoms with Gasteiger partial charge >= 0.3 is 0 Å². The predicted molar refractivity (Wildman–Crippen MR) is 105 cm³/mol. The van der Waals surface area contributed by atoms with Crippen LogP contribution in [-0.4, -0.2) is 50.7 Å². The molecule has 0 bridgehead atoms. The lowest BCUT2D eigenvalue weighted by atomic mass is 10.1. The summed E-state index contributed by atoms with van der Waals surface area (Å²) >= 11 is 0. The standard InChI is InChI=1S/C20H23N3O4S/c1-15-4-2-5-16(12-15)8-9-22-20(25)17-6-3-7-18(13-17)28(26,27)23-11-10-21-19(24)14-23/h2-7,12-13H,8-11,14H2,1H3,(H,21,24)(H,22,25). The van der Waals surface area contributed by atoms with Gasteiger partial charge in [-0.05, 0) is 37.1 Å². The summed E-state index contributed by atoms with van der Waals surface area (Å²) in [6, 6.07) is 13.9. The quantitative estimate of drug-likeness (QED) is 0.757. The number of carbonyl (C=O) groups excluding carboxylic acids is 2. The summed E-state index contributed by atoms with van der Waals surface area (Å²) in [6.45, 7) is 2.74. The van der Waals surface area contributed by atoms with Gasteiger partial charge in [0.25, 0.3) is 5.91 Å². The monoisotopic (exact) mass is 401 g/mol. The van der Waals surface area contributed by atoms with Crippen LogP contribution in [0.3, 0.4) is 0 Å². The number of aryl methyl sites for hydroxylation is 1. The van der Waals surface area contributed by atoms with Crippen molar-refractivity contribution in [3.05, 3.63) is 65.2 Å². The molecule has 28 heavy (non-hydrogen) atoms. The first-order valence-corrected chi connectivity index (χ1v) is 10.5. The lowest BCUT2D eigenvalue weighted by Crippen LogP contribution is -2.49. The number of sulfonamides is 1. The Morgan fingerprint density at radius 1 is 1.18 bits per heavy atom. The van der Waals surface area contributed by atoms with Crippen molar-refractivity contribution in [3.8, 4) is 0 Å². The molecule has 0 aliphatic carbocycles. The number of amides is 2. The van der Waals surface area contributed by atoms with Crippen LogP contribution in [0, 0.1) is 6.92 Å². The highest BCUT2D eigenvalue weighted by Gasteiger charge is 2.29. The van der Waals surface area contributed by atoms with Gasteiger partial charge in [-0.1, -0.05) is 35.9 Å². The first-order chi connectivity index (χ1) is 13.4. The molecule has 2 amide bonds. The van der Waals surface area contributed by atoms with Crippen LogP contribution in [0.4, 0.5) is 0 Å². The first kappa shape index (κ1) is 20.0. The topological polar surface area (TPSA) is 95.6 Å². The third kappa shape index (κ3) is 4.76. The number of hydrogen-bond acceptors (Lipinski definition) is 4. The fraction of sp³-hybridized carbons (Fsp3) is 0.300. The molecule has 0 aromatic heterocycles. The van der Waals surface area contributed by atoms with Crippen molar-refractivity contribution in [1.82, 2.24) is 14.9 Å². The van der Waals surface area contributed by atoms with Crippen LogP contribution in [0.1, 0.15) is 21.5 Å². The first-order valence-electron chi connectivity index (χ1n) is 9.07. The number of hydrogen-bond donors (Lipinski definition) is 2. The summed E-state index contributed by atoms with van der Waals surface area (Å²) in [5.74, 6) is -0.666. The van der Waals surface area contributed by atoms with E-state index in [9.17, 15) is 18.0 Å². The third-order valence-electron chi connectivity index (χ3n) is 4.52. The van der Waals surface area contributed by atoms with E-state index in [-0.39, 0.29) is 41.9 Å². The molecule has 1 saturated heterocycles. The molecule has 1 aliphatic rings. The second kappa shape index (κ2) is 8.53. The molecule has 0 radical (unpaired) electrons. The van der Waals surface area contributed by atoms with Gasteiger partial charge in [-0.15, -0.1) is 0 Å². The molecule has 2 N–H and O–H groups in total. The molecule has 3 rings (SSSR count). The average Bonchev–Trinajstić information content (AvgIpc) is 2.68. The van der Waals surface area contributed by atoms with Gasteiger partial charge in [0.2, 0.25) is 15.9 Å². The van der Waals surface area contributed by atoms with Crippen molar-refractivity contribution in [2.24, 2.45) is 0 Å². The van der Waals surface area contributed by atoms with E-state index in [0.29, 0.717) is 13.0 Å². The minimum absolute atomic E-state index is 0.00790. The van der Waals surface area contributed by atoms with Crippen LogP contribution in [0.2, 0.25) is 0 Å². The molecule has 0 atom stereocenters. The molecule has 8 heteroatoms. The van der Waals surface area contributed by atoms with E-state index in [2.05, 4.69) is 16.7 Å². The second-order valence-electron chi connectivity index (χ2n) is 6.71. The van der Waals surface area contributed by atoms with Crippen molar-refractivity contribution in [2.75, 3.05) is 26.2 Å². The fourth-order valence-corrected chi connectivity index (χ4v) is 4.50. The normalized spacial score (nSPS) is 15.1. The van der Waals surface area contributed by atoms with E-state index in [4.69, 9.17) is 0 Å². The average molecular weight is 401 g/mol.